The van der Waals surface area contributed by atoms with E-state index in [-0.39, 0.29) is 17.4 Å². The molecule has 2 rings (SSSR count). The Balaban J connectivity index is 1.72. The molecule has 0 saturated heterocycles. The van der Waals surface area contributed by atoms with Crippen LogP contribution in [0, 0.1) is 6.92 Å². The molecular weight excluding hydrogens is 362 g/mol. The van der Waals surface area contributed by atoms with Gasteiger partial charge in [-0.2, -0.15) is 0 Å². The fraction of sp³-hybridized carbons (Fsp3) is 0.333. The molecule has 2 aromatic carbocycles. The van der Waals surface area contributed by atoms with Gasteiger partial charge in [0.15, 0.2) is 0 Å². The molecule has 144 valence electrons. The van der Waals surface area contributed by atoms with E-state index in [9.17, 15) is 9.59 Å². The second-order valence-corrected chi connectivity index (χ2v) is 7.51. The van der Waals surface area contributed by atoms with Crippen LogP contribution < -0.4 is 16.0 Å². The van der Waals surface area contributed by atoms with Crippen molar-refractivity contribution in [1.29, 1.82) is 0 Å². The molecule has 0 spiro atoms. The second-order valence-electron chi connectivity index (χ2n) is 7.10. The van der Waals surface area contributed by atoms with E-state index in [1.165, 1.54) is 11.1 Å². The van der Waals surface area contributed by atoms with Crippen LogP contribution in [-0.2, 0) is 5.41 Å². The number of carbonyl (C=O) groups excluding carboxylic acids is 2. The Kier molecular flexibility index (Phi) is 7.25. The molecule has 0 bridgehead atoms. The molecule has 0 aromatic heterocycles. The third-order valence-electron chi connectivity index (χ3n) is 4.31. The smallest absolute Gasteiger partial charge is 0.314 e. The molecule has 0 saturated carbocycles. The summed E-state index contributed by atoms with van der Waals surface area (Å²) < 4.78 is 0. The lowest BCUT2D eigenvalue weighted by molar-refractivity contribution is 0.0954. The maximum atomic E-state index is 12.0. The molecule has 5 nitrogen and oxygen atoms in total. The SMILES string of the molecule is Cc1cccc(C(C)(C)CNC(=O)NCCNC(=O)c2ccccc2Cl)c1. The highest BCUT2D eigenvalue weighted by atomic mass is 35.5. The van der Waals surface area contributed by atoms with Crippen molar-refractivity contribution in [2.75, 3.05) is 19.6 Å². The molecule has 3 N–H and O–H groups in total. The van der Waals surface area contributed by atoms with Crippen LogP contribution in [0.2, 0.25) is 5.02 Å². The van der Waals surface area contributed by atoms with Gasteiger partial charge in [0.1, 0.15) is 0 Å². The molecule has 0 atom stereocenters. The summed E-state index contributed by atoms with van der Waals surface area (Å²) in [5, 5.41) is 8.76. The van der Waals surface area contributed by atoms with Gasteiger partial charge in [-0.05, 0) is 24.6 Å². The lowest BCUT2D eigenvalue weighted by Gasteiger charge is -2.26. The van der Waals surface area contributed by atoms with Gasteiger partial charge in [0.05, 0.1) is 10.6 Å². The van der Waals surface area contributed by atoms with E-state index < -0.39 is 0 Å². The maximum absolute atomic E-state index is 12.0. The molecule has 27 heavy (non-hydrogen) atoms. The van der Waals surface area contributed by atoms with Crippen LogP contribution in [0.1, 0.15) is 35.3 Å². The summed E-state index contributed by atoms with van der Waals surface area (Å²) in [6.45, 7) is 7.38. The number of amides is 3. The van der Waals surface area contributed by atoms with Gasteiger partial charge in [-0.3, -0.25) is 4.79 Å². The Morgan fingerprint density at radius 1 is 0.963 bits per heavy atom. The number of hydrogen-bond acceptors (Lipinski definition) is 2. The van der Waals surface area contributed by atoms with Gasteiger partial charge >= 0.3 is 6.03 Å². The number of halogens is 1. The molecule has 2 aromatic rings. The molecule has 0 aliphatic carbocycles. The largest absolute Gasteiger partial charge is 0.350 e. The van der Waals surface area contributed by atoms with Crippen LogP contribution in [0.5, 0.6) is 0 Å². The third kappa shape index (κ3) is 6.29. The summed E-state index contributed by atoms with van der Waals surface area (Å²) in [5.41, 5.74) is 2.61. The molecule has 0 aliphatic heterocycles. The van der Waals surface area contributed by atoms with Gasteiger partial charge < -0.3 is 16.0 Å². The van der Waals surface area contributed by atoms with Crippen molar-refractivity contribution in [3.8, 4) is 0 Å². The minimum absolute atomic E-state index is 0.179. The molecule has 3 amide bonds. The first kappa shape index (κ1) is 20.8. The average Bonchev–Trinajstić information content (AvgIpc) is 2.64. The number of hydrogen-bond donors (Lipinski definition) is 3. The summed E-state index contributed by atoms with van der Waals surface area (Å²) in [6, 6.07) is 14.9. The number of benzene rings is 2. The lowest BCUT2D eigenvalue weighted by atomic mass is 9.84. The monoisotopic (exact) mass is 387 g/mol. The molecule has 6 heteroatoms. The molecule has 0 unspecified atom stereocenters. The van der Waals surface area contributed by atoms with Crippen molar-refractivity contribution in [1.82, 2.24) is 16.0 Å². The summed E-state index contributed by atoms with van der Waals surface area (Å²) in [6.07, 6.45) is 0. The summed E-state index contributed by atoms with van der Waals surface area (Å²) >= 11 is 5.99. The van der Waals surface area contributed by atoms with Crippen molar-refractivity contribution in [3.05, 3.63) is 70.2 Å². The van der Waals surface area contributed by atoms with Crippen LogP contribution >= 0.6 is 11.6 Å². The van der Waals surface area contributed by atoms with E-state index in [0.29, 0.717) is 30.2 Å². The molecule has 0 aliphatic rings. The molecule has 0 heterocycles. The Morgan fingerprint density at radius 3 is 2.37 bits per heavy atom. The first-order chi connectivity index (χ1) is 12.8. The van der Waals surface area contributed by atoms with E-state index in [1.54, 1.807) is 24.3 Å². The fourth-order valence-corrected chi connectivity index (χ4v) is 2.85. The Morgan fingerprint density at radius 2 is 1.67 bits per heavy atom. The highest BCUT2D eigenvalue weighted by Gasteiger charge is 2.21. The van der Waals surface area contributed by atoms with Gasteiger partial charge in [0, 0.05) is 25.0 Å². The molecule has 0 radical (unpaired) electrons. The Hall–Kier alpha value is -2.53. The normalized spacial score (nSPS) is 11.0. The number of nitrogens with one attached hydrogen (secondary N) is 3. The zero-order chi connectivity index (χ0) is 19.9. The van der Waals surface area contributed by atoms with Crippen LogP contribution in [0.3, 0.4) is 0 Å². The molecular formula is C21H26ClN3O2. The van der Waals surface area contributed by atoms with Crippen molar-refractivity contribution in [2.24, 2.45) is 0 Å². The minimum Gasteiger partial charge on any atom is -0.350 e. The first-order valence-corrected chi connectivity index (χ1v) is 9.29. The highest BCUT2D eigenvalue weighted by molar-refractivity contribution is 6.33. The van der Waals surface area contributed by atoms with Gasteiger partial charge in [-0.25, -0.2) is 4.79 Å². The highest BCUT2D eigenvalue weighted by Crippen LogP contribution is 2.22. The fourth-order valence-electron chi connectivity index (χ4n) is 2.62. The van der Waals surface area contributed by atoms with E-state index in [2.05, 4.69) is 54.9 Å². The summed E-state index contributed by atoms with van der Waals surface area (Å²) in [5.74, 6) is -0.261. The van der Waals surface area contributed by atoms with E-state index >= 15 is 0 Å². The minimum atomic E-state index is -0.261. The summed E-state index contributed by atoms with van der Waals surface area (Å²) in [7, 11) is 0. The van der Waals surface area contributed by atoms with Gasteiger partial charge in [-0.1, -0.05) is 67.4 Å². The van der Waals surface area contributed by atoms with Gasteiger partial charge in [0.2, 0.25) is 0 Å². The van der Waals surface area contributed by atoms with E-state index in [4.69, 9.17) is 11.6 Å². The van der Waals surface area contributed by atoms with Crippen molar-refractivity contribution >= 4 is 23.5 Å². The maximum Gasteiger partial charge on any atom is 0.314 e. The van der Waals surface area contributed by atoms with Crippen LogP contribution in [0.4, 0.5) is 4.79 Å². The van der Waals surface area contributed by atoms with Gasteiger partial charge in [-0.15, -0.1) is 0 Å². The Labute approximate surface area is 165 Å². The zero-order valence-electron chi connectivity index (χ0n) is 15.9. The third-order valence-corrected chi connectivity index (χ3v) is 4.63. The second kappa shape index (κ2) is 9.42. The quantitative estimate of drug-likeness (QED) is 0.634. The first-order valence-electron chi connectivity index (χ1n) is 8.91. The number of carbonyl (C=O) groups is 2. The number of urea groups is 1. The van der Waals surface area contributed by atoms with Crippen LogP contribution in [0.25, 0.3) is 0 Å². The summed E-state index contributed by atoms with van der Waals surface area (Å²) in [4.78, 5) is 24.0. The van der Waals surface area contributed by atoms with Crippen molar-refractivity contribution in [3.63, 3.8) is 0 Å². The topological polar surface area (TPSA) is 70.2 Å². The van der Waals surface area contributed by atoms with Crippen LogP contribution in [0.15, 0.2) is 48.5 Å². The van der Waals surface area contributed by atoms with Gasteiger partial charge in [0.25, 0.3) is 5.91 Å². The van der Waals surface area contributed by atoms with Crippen molar-refractivity contribution in [2.45, 2.75) is 26.2 Å². The zero-order valence-corrected chi connectivity index (χ0v) is 16.7. The van der Waals surface area contributed by atoms with E-state index in [1.807, 2.05) is 6.07 Å². The predicted molar refractivity (Wildman–Crippen MR) is 109 cm³/mol. The molecule has 0 fully saturated rings. The average molecular weight is 388 g/mol. The van der Waals surface area contributed by atoms with E-state index in [0.717, 1.165) is 0 Å². The van der Waals surface area contributed by atoms with Crippen molar-refractivity contribution < 1.29 is 9.59 Å². The standard InChI is InChI=1S/C21H26ClN3O2/c1-15-7-6-8-16(13-15)21(2,3)14-25-20(27)24-12-11-23-19(26)17-9-4-5-10-18(17)22/h4-10,13H,11-12,14H2,1-3H3,(H,23,26)(H2,24,25,27). The van der Waals surface area contributed by atoms with Crippen LogP contribution in [-0.4, -0.2) is 31.6 Å². The number of aryl methyl sites for hydroxylation is 1. The predicted octanol–water partition coefficient (Wildman–Crippen LogP) is 3.66. The lowest BCUT2D eigenvalue weighted by Crippen LogP contribution is -2.44. The Bertz CT molecular complexity index is 806. The number of rotatable bonds is 7.